The number of carboxylic acids is 1. The molecule has 0 aliphatic carbocycles. The van der Waals surface area contributed by atoms with Crippen LogP contribution >= 0.6 is 23.2 Å². The van der Waals surface area contributed by atoms with Crippen LogP contribution in [0.2, 0.25) is 10.0 Å². The van der Waals surface area contributed by atoms with Gasteiger partial charge in [0.15, 0.2) is 0 Å². The number of nitrogens with one attached hydrogen (secondary N) is 1. The molecule has 0 heterocycles. The first-order valence-electron chi connectivity index (χ1n) is 5.99. The number of carbonyl (C=O) groups is 2. The van der Waals surface area contributed by atoms with E-state index >= 15 is 0 Å². The minimum absolute atomic E-state index is 0.0292. The van der Waals surface area contributed by atoms with Crippen molar-refractivity contribution < 1.29 is 14.7 Å². The normalized spacial score (nSPS) is 10.2. The Hall–Kier alpha value is -2.04. The Labute approximate surface area is 131 Å². The lowest BCUT2D eigenvalue weighted by Crippen LogP contribution is -2.15. The fourth-order valence-corrected chi connectivity index (χ4v) is 2.08. The van der Waals surface area contributed by atoms with Gasteiger partial charge in [-0.1, -0.05) is 23.2 Å². The van der Waals surface area contributed by atoms with Crippen LogP contribution in [0.4, 0.5) is 5.69 Å². The summed E-state index contributed by atoms with van der Waals surface area (Å²) in [7, 11) is 0. The molecule has 0 spiro atoms. The third-order valence-corrected chi connectivity index (χ3v) is 3.54. The number of anilines is 1. The third kappa shape index (κ3) is 3.54. The van der Waals surface area contributed by atoms with Crippen molar-refractivity contribution >= 4 is 40.8 Å². The Bertz CT molecular complexity index is 729. The summed E-state index contributed by atoms with van der Waals surface area (Å²) in [6.45, 7) is 1.78. The van der Waals surface area contributed by atoms with Crippen LogP contribution in [0.3, 0.4) is 0 Å². The van der Waals surface area contributed by atoms with Gasteiger partial charge in [-0.2, -0.15) is 0 Å². The van der Waals surface area contributed by atoms with E-state index in [9.17, 15) is 9.59 Å². The minimum Gasteiger partial charge on any atom is -0.478 e. The lowest BCUT2D eigenvalue weighted by atomic mass is 10.1. The van der Waals surface area contributed by atoms with Crippen LogP contribution in [0.25, 0.3) is 0 Å². The average Bonchev–Trinajstić information content (AvgIpc) is 2.41. The van der Waals surface area contributed by atoms with Gasteiger partial charge in [0.25, 0.3) is 5.91 Å². The number of carboxylic acid groups (broad SMARTS) is 1. The van der Waals surface area contributed by atoms with Crippen LogP contribution < -0.4 is 5.32 Å². The van der Waals surface area contributed by atoms with Crippen LogP contribution in [0.1, 0.15) is 26.3 Å². The molecule has 0 aliphatic heterocycles. The van der Waals surface area contributed by atoms with Crippen molar-refractivity contribution in [2.45, 2.75) is 6.92 Å². The molecule has 2 aromatic rings. The quantitative estimate of drug-likeness (QED) is 0.887. The van der Waals surface area contributed by atoms with Crippen molar-refractivity contribution in [3.8, 4) is 0 Å². The van der Waals surface area contributed by atoms with Gasteiger partial charge in [-0.05, 0) is 48.9 Å². The molecule has 2 rings (SSSR count). The number of amides is 1. The van der Waals surface area contributed by atoms with Gasteiger partial charge in [0.05, 0.1) is 11.3 Å². The maximum Gasteiger partial charge on any atom is 0.337 e. The van der Waals surface area contributed by atoms with Gasteiger partial charge in [0, 0.05) is 15.6 Å². The van der Waals surface area contributed by atoms with E-state index < -0.39 is 11.9 Å². The molecule has 0 aromatic heterocycles. The number of hydrogen-bond donors (Lipinski definition) is 2. The number of carbonyl (C=O) groups excluding carboxylic acids is 1. The highest BCUT2D eigenvalue weighted by Crippen LogP contribution is 2.23. The first-order valence-corrected chi connectivity index (χ1v) is 6.74. The summed E-state index contributed by atoms with van der Waals surface area (Å²) in [5.41, 5.74) is 1.26. The number of rotatable bonds is 3. The van der Waals surface area contributed by atoms with E-state index in [0.29, 0.717) is 15.6 Å². The molecule has 0 unspecified atom stereocenters. The second-order valence-electron chi connectivity index (χ2n) is 4.41. The van der Waals surface area contributed by atoms with E-state index in [2.05, 4.69) is 5.32 Å². The number of aryl methyl sites for hydroxylation is 1. The standard InChI is InChI=1S/C15H11Cl2NO3/c1-8-6-9(2-5-12(8)17)14(19)18-13-7-10(16)3-4-11(13)15(20)21/h2-7H,1H3,(H,18,19)(H,20,21). The highest BCUT2D eigenvalue weighted by atomic mass is 35.5. The van der Waals surface area contributed by atoms with Gasteiger partial charge < -0.3 is 10.4 Å². The lowest BCUT2D eigenvalue weighted by Gasteiger charge is -2.10. The zero-order valence-electron chi connectivity index (χ0n) is 11.0. The SMILES string of the molecule is Cc1cc(C(=O)Nc2cc(Cl)ccc2C(=O)O)ccc1Cl. The summed E-state index contributed by atoms with van der Waals surface area (Å²) in [4.78, 5) is 23.3. The second-order valence-corrected chi connectivity index (χ2v) is 5.26. The molecule has 0 fully saturated rings. The molecule has 0 atom stereocenters. The van der Waals surface area contributed by atoms with Crippen molar-refractivity contribution in [2.24, 2.45) is 0 Å². The molecular formula is C15H11Cl2NO3. The zero-order chi connectivity index (χ0) is 15.6. The van der Waals surface area contributed by atoms with Gasteiger partial charge in [0.1, 0.15) is 0 Å². The third-order valence-electron chi connectivity index (χ3n) is 2.88. The van der Waals surface area contributed by atoms with E-state index in [-0.39, 0.29) is 11.3 Å². The lowest BCUT2D eigenvalue weighted by molar-refractivity contribution is 0.0698. The molecule has 21 heavy (non-hydrogen) atoms. The summed E-state index contributed by atoms with van der Waals surface area (Å²) >= 11 is 11.7. The van der Waals surface area contributed by atoms with Gasteiger partial charge in [-0.3, -0.25) is 4.79 Å². The summed E-state index contributed by atoms with van der Waals surface area (Å²) < 4.78 is 0. The van der Waals surface area contributed by atoms with Crippen molar-refractivity contribution in [3.05, 3.63) is 63.1 Å². The largest absolute Gasteiger partial charge is 0.478 e. The Morgan fingerprint density at radius 3 is 2.43 bits per heavy atom. The number of benzene rings is 2. The van der Waals surface area contributed by atoms with E-state index in [1.54, 1.807) is 25.1 Å². The first-order chi connectivity index (χ1) is 9.88. The molecule has 4 nitrogen and oxygen atoms in total. The molecule has 0 saturated carbocycles. The molecule has 2 N–H and O–H groups in total. The fraction of sp³-hybridized carbons (Fsp3) is 0.0667. The van der Waals surface area contributed by atoms with Crippen molar-refractivity contribution in [1.29, 1.82) is 0 Å². The van der Waals surface area contributed by atoms with E-state index in [1.807, 2.05) is 0 Å². The second kappa shape index (κ2) is 6.16. The average molecular weight is 324 g/mol. The summed E-state index contributed by atoms with van der Waals surface area (Å²) in [6, 6.07) is 8.99. The summed E-state index contributed by atoms with van der Waals surface area (Å²) in [5, 5.41) is 12.5. The van der Waals surface area contributed by atoms with E-state index in [1.165, 1.54) is 18.2 Å². The predicted octanol–water partition coefficient (Wildman–Crippen LogP) is 4.25. The van der Waals surface area contributed by atoms with Crippen LogP contribution in [-0.2, 0) is 0 Å². The van der Waals surface area contributed by atoms with Crippen LogP contribution in [-0.4, -0.2) is 17.0 Å². The van der Waals surface area contributed by atoms with Crippen LogP contribution in [0, 0.1) is 6.92 Å². The van der Waals surface area contributed by atoms with Crippen molar-refractivity contribution in [2.75, 3.05) is 5.32 Å². The van der Waals surface area contributed by atoms with Gasteiger partial charge in [0.2, 0.25) is 0 Å². The van der Waals surface area contributed by atoms with Gasteiger partial charge >= 0.3 is 5.97 Å². The molecule has 1 amide bonds. The van der Waals surface area contributed by atoms with Crippen LogP contribution in [0.5, 0.6) is 0 Å². The minimum atomic E-state index is -1.14. The maximum absolute atomic E-state index is 12.2. The van der Waals surface area contributed by atoms with Crippen molar-refractivity contribution in [1.82, 2.24) is 0 Å². The van der Waals surface area contributed by atoms with Crippen LogP contribution in [0.15, 0.2) is 36.4 Å². The molecule has 108 valence electrons. The summed E-state index contributed by atoms with van der Waals surface area (Å²) in [6.07, 6.45) is 0. The Morgan fingerprint density at radius 1 is 1.10 bits per heavy atom. The zero-order valence-corrected chi connectivity index (χ0v) is 12.5. The van der Waals surface area contributed by atoms with Crippen molar-refractivity contribution in [3.63, 3.8) is 0 Å². The molecule has 0 saturated heterocycles. The number of aromatic carboxylic acids is 1. The molecule has 2 aromatic carbocycles. The maximum atomic E-state index is 12.2. The highest BCUT2D eigenvalue weighted by molar-refractivity contribution is 6.31. The fourth-order valence-electron chi connectivity index (χ4n) is 1.79. The molecule has 0 aliphatic rings. The van der Waals surface area contributed by atoms with Gasteiger partial charge in [-0.15, -0.1) is 0 Å². The highest BCUT2D eigenvalue weighted by Gasteiger charge is 2.14. The Balaban J connectivity index is 2.33. The monoisotopic (exact) mass is 323 g/mol. The Kier molecular flexibility index (Phi) is 4.50. The predicted molar refractivity (Wildman–Crippen MR) is 82.6 cm³/mol. The van der Waals surface area contributed by atoms with E-state index in [0.717, 1.165) is 5.56 Å². The molecule has 0 radical (unpaired) electrons. The van der Waals surface area contributed by atoms with Gasteiger partial charge in [-0.25, -0.2) is 4.79 Å². The number of hydrogen-bond acceptors (Lipinski definition) is 2. The number of halogens is 2. The summed E-state index contributed by atoms with van der Waals surface area (Å²) in [5.74, 6) is -1.58. The first kappa shape index (κ1) is 15.4. The van der Waals surface area contributed by atoms with E-state index in [4.69, 9.17) is 28.3 Å². The smallest absolute Gasteiger partial charge is 0.337 e. The molecule has 6 heteroatoms. The molecular weight excluding hydrogens is 313 g/mol. The topological polar surface area (TPSA) is 66.4 Å². The Morgan fingerprint density at radius 2 is 1.81 bits per heavy atom. The molecule has 0 bridgehead atoms.